The smallest absolute Gasteiger partial charge is 0.306 e. The van der Waals surface area contributed by atoms with E-state index in [1.807, 2.05) is 4.52 Å². The fourth-order valence-corrected chi connectivity index (χ4v) is 4.76. The van der Waals surface area contributed by atoms with Crippen LogP contribution in [0.2, 0.25) is 0 Å². The predicted molar refractivity (Wildman–Crippen MR) is 105 cm³/mol. The molecule has 7 heteroatoms. The van der Waals surface area contributed by atoms with Crippen molar-refractivity contribution >= 4 is 17.3 Å². The molecule has 2 aliphatic rings. The summed E-state index contributed by atoms with van der Waals surface area (Å²) in [4.78, 5) is 20.4. The Balaban J connectivity index is 1.59. The van der Waals surface area contributed by atoms with Gasteiger partial charge in [-0.25, -0.2) is 14.5 Å². The first-order valence-electron chi connectivity index (χ1n) is 9.96. The zero-order valence-electron chi connectivity index (χ0n) is 15.6. The van der Waals surface area contributed by atoms with Gasteiger partial charge >= 0.3 is 5.97 Å². The molecule has 2 heterocycles. The fraction of sp³-hybridized carbons (Fsp3) is 0.429. The quantitative estimate of drug-likeness (QED) is 0.726. The Hall–Kier alpha value is -2.96. The third-order valence-electron chi connectivity index (χ3n) is 6.30. The van der Waals surface area contributed by atoms with E-state index < -0.39 is 5.97 Å². The second-order valence-electron chi connectivity index (χ2n) is 7.95. The van der Waals surface area contributed by atoms with Crippen molar-refractivity contribution in [1.82, 2.24) is 19.6 Å². The van der Waals surface area contributed by atoms with Crippen molar-refractivity contribution < 1.29 is 9.90 Å². The molecule has 0 aliphatic heterocycles. The Morgan fingerprint density at radius 3 is 2.71 bits per heavy atom. The summed E-state index contributed by atoms with van der Waals surface area (Å²) in [6, 6.07) is 6.53. The van der Waals surface area contributed by atoms with E-state index in [4.69, 9.17) is 10.7 Å². The van der Waals surface area contributed by atoms with Gasteiger partial charge < -0.3 is 10.8 Å². The van der Waals surface area contributed by atoms with Crippen LogP contribution in [0, 0.1) is 5.92 Å². The van der Waals surface area contributed by atoms with E-state index in [9.17, 15) is 9.90 Å². The van der Waals surface area contributed by atoms with Crippen molar-refractivity contribution in [1.29, 1.82) is 0 Å². The van der Waals surface area contributed by atoms with Gasteiger partial charge in [-0.15, -0.1) is 0 Å². The lowest BCUT2D eigenvalue weighted by Gasteiger charge is -2.24. The maximum atomic E-state index is 11.3. The van der Waals surface area contributed by atoms with Crippen LogP contribution >= 0.6 is 0 Å². The lowest BCUT2D eigenvalue weighted by molar-refractivity contribution is -0.142. The maximum Gasteiger partial charge on any atom is 0.306 e. The first kappa shape index (κ1) is 17.2. The summed E-state index contributed by atoms with van der Waals surface area (Å²) in [6.45, 7) is 0. The summed E-state index contributed by atoms with van der Waals surface area (Å²) in [5.74, 6) is 0.516. The Labute approximate surface area is 162 Å². The Morgan fingerprint density at radius 2 is 1.93 bits per heavy atom. The summed E-state index contributed by atoms with van der Waals surface area (Å²) in [7, 11) is 0. The van der Waals surface area contributed by atoms with Crippen LogP contribution in [0.25, 0.3) is 16.8 Å². The minimum absolute atomic E-state index is 0.181. The molecule has 0 atom stereocenters. The molecule has 0 radical (unpaired) electrons. The highest BCUT2D eigenvalue weighted by atomic mass is 16.4. The monoisotopic (exact) mass is 377 g/mol. The van der Waals surface area contributed by atoms with Crippen molar-refractivity contribution in [2.24, 2.45) is 5.92 Å². The first-order chi connectivity index (χ1) is 13.6. The van der Waals surface area contributed by atoms with Crippen molar-refractivity contribution in [3.8, 4) is 11.3 Å². The molecule has 0 amide bonds. The summed E-state index contributed by atoms with van der Waals surface area (Å²) in [5.41, 5.74) is 11.6. The molecule has 1 aromatic carbocycles. The molecule has 1 fully saturated rings. The minimum atomic E-state index is -0.697. The van der Waals surface area contributed by atoms with Crippen molar-refractivity contribution in [2.45, 2.75) is 50.9 Å². The average Bonchev–Trinajstić information content (AvgIpc) is 3.33. The van der Waals surface area contributed by atoms with Gasteiger partial charge in [0.2, 0.25) is 0 Å². The summed E-state index contributed by atoms with van der Waals surface area (Å²) >= 11 is 0. The summed E-state index contributed by atoms with van der Waals surface area (Å²) in [5, 5.41) is 13.7. The minimum Gasteiger partial charge on any atom is -0.481 e. The molecule has 2 aliphatic carbocycles. The van der Waals surface area contributed by atoms with Gasteiger partial charge in [0.15, 0.2) is 5.82 Å². The molecule has 3 aromatic rings. The average molecular weight is 377 g/mol. The van der Waals surface area contributed by atoms with E-state index in [0.717, 1.165) is 48.3 Å². The van der Waals surface area contributed by atoms with E-state index >= 15 is 0 Å². The van der Waals surface area contributed by atoms with Crippen LogP contribution in [-0.2, 0) is 17.6 Å². The molecule has 0 unspecified atom stereocenters. The molecule has 3 N–H and O–H groups in total. The zero-order valence-corrected chi connectivity index (χ0v) is 15.6. The highest BCUT2D eigenvalue weighted by Gasteiger charge is 2.31. The van der Waals surface area contributed by atoms with E-state index in [1.165, 1.54) is 23.9 Å². The van der Waals surface area contributed by atoms with Gasteiger partial charge in [0.05, 0.1) is 5.92 Å². The van der Waals surface area contributed by atoms with Crippen LogP contribution in [0.4, 0.5) is 5.82 Å². The number of hydrogen-bond acceptors (Lipinski definition) is 5. The van der Waals surface area contributed by atoms with E-state index in [-0.39, 0.29) is 11.8 Å². The largest absolute Gasteiger partial charge is 0.481 e. The maximum absolute atomic E-state index is 11.3. The number of aryl methyl sites for hydroxylation is 2. The van der Waals surface area contributed by atoms with E-state index in [2.05, 4.69) is 28.3 Å². The molecule has 0 saturated heterocycles. The second-order valence-corrected chi connectivity index (χ2v) is 7.95. The van der Waals surface area contributed by atoms with Gasteiger partial charge in [-0.3, -0.25) is 4.79 Å². The molecular formula is C21H23N5O2. The Morgan fingerprint density at radius 1 is 1.14 bits per heavy atom. The normalized spacial score (nSPS) is 21.7. The zero-order chi connectivity index (χ0) is 19.3. The number of hydrogen-bond donors (Lipinski definition) is 2. The van der Waals surface area contributed by atoms with Gasteiger partial charge in [-0.1, -0.05) is 12.1 Å². The Bertz CT molecular complexity index is 1070. The second kappa shape index (κ2) is 6.58. The number of benzene rings is 1. The number of aliphatic carboxylic acids is 1. The van der Waals surface area contributed by atoms with Crippen LogP contribution in [-0.4, -0.2) is 30.7 Å². The van der Waals surface area contributed by atoms with Crippen LogP contribution in [0.15, 0.2) is 24.5 Å². The number of rotatable bonds is 3. The van der Waals surface area contributed by atoms with E-state index in [0.29, 0.717) is 18.7 Å². The lowest BCUT2D eigenvalue weighted by Crippen LogP contribution is -2.21. The van der Waals surface area contributed by atoms with E-state index in [1.54, 1.807) is 0 Å². The molecule has 1 saturated carbocycles. The third kappa shape index (κ3) is 2.73. The van der Waals surface area contributed by atoms with Crippen molar-refractivity contribution in [3.05, 3.63) is 41.5 Å². The van der Waals surface area contributed by atoms with Crippen LogP contribution in [0.1, 0.15) is 55.0 Å². The Kier molecular flexibility index (Phi) is 4.03. The van der Waals surface area contributed by atoms with Gasteiger partial charge in [-0.2, -0.15) is 5.10 Å². The highest BCUT2D eigenvalue weighted by molar-refractivity contribution is 5.85. The molecule has 5 rings (SSSR count). The van der Waals surface area contributed by atoms with Crippen molar-refractivity contribution in [3.63, 3.8) is 0 Å². The predicted octanol–water partition coefficient (Wildman–Crippen LogP) is 3.22. The fourth-order valence-electron chi connectivity index (χ4n) is 4.76. The number of carbonyl (C=O) groups is 1. The van der Waals surface area contributed by atoms with Gasteiger partial charge in [-0.05, 0) is 62.1 Å². The highest BCUT2D eigenvalue weighted by Crippen LogP contribution is 2.38. The number of nitrogen functional groups attached to an aromatic ring is 1. The number of nitrogens with two attached hydrogens (primary N) is 1. The van der Waals surface area contributed by atoms with Crippen LogP contribution in [0.5, 0.6) is 0 Å². The summed E-state index contributed by atoms with van der Waals surface area (Å²) in [6.07, 6.45) is 7.84. The molecule has 0 spiro atoms. The molecule has 28 heavy (non-hydrogen) atoms. The van der Waals surface area contributed by atoms with Crippen LogP contribution in [0.3, 0.4) is 0 Å². The van der Waals surface area contributed by atoms with Crippen molar-refractivity contribution in [2.75, 3.05) is 5.73 Å². The number of anilines is 1. The standard InChI is InChI=1S/C21H23N5O2/c22-19-18-17(16-9-4-12-2-1-3-15(12)10-16)25-20(26(18)24-11-23-19)13-5-7-14(8-6-13)21(27)28/h4,9-11,13-14H,1-3,5-8H2,(H,27,28)(H2,22,23,24). The first-order valence-corrected chi connectivity index (χ1v) is 9.96. The molecule has 144 valence electrons. The summed E-state index contributed by atoms with van der Waals surface area (Å²) < 4.78 is 1.82. The number of carboxylic acids is 1. The molecule has 7 nitrogen and oxygen atoms in total. The number of nitrogens with zero attached hydrogens (tertiary/aromatic N) is 4. The van der Waals surface area contributed by atoms with Gasteiger partial charge in [0.1, 0.15) is 23.4 Å². The van der Waals surface area contributed by atoms with Gasteiger partial charge in [0, 0.05) is 11.5 Å². The molecule has 2 aromatic heterocycles. The third-order valence-corrected chi connectivity index (χ3v) is 6.30. The topological polar surface area (TPSA) is 106 Å². The van der Waals surface area contributed by atoms with Gasteiger partial charge in [0.25, 0.3) is 0 Å². The number of aromatic nitrogens is 4. The molecule has 0 bridgehead atoms. The lowest BCUT2D eigenvalue weighted by atomic mass is 9.82. The number of fused-ring (bicyclic) bond motifs is 2. The van der Waals surface area contributed by atoms with Crippen LogP contribution < -0.4 is 5.73 Å². The number of imidazole rings is 1. The molecular weight excluding hydrogens is 354 g/mol. The number of carboxylic acid groups (broad SMARTS) is 1. The SMILES string of the molecule is Nc1ncnn2c(C3CCC(C(=O)O)CC3)nc(-c3ccc4c(c3)CCC4)c12.